The van der Waals surface area contributed by atoms with E-state index in [0.717, 1.165) is 6.07 Å². The van der Waals surface area contributed by atoms with Crippen molar-refractivity contribution in [2.45, 2.75) is 31.3 Å². The Morgan fingerprint density at radius 3 is 2.76 bits per heavy atom. The van der Waals surface area contributed by atoms with Crippen LogP contribution in [-0.4, -0.2) is 68.2 Å². The molecule has 1 heterocycles. The van der Waals surface area contributed by atoms with Gasteiger partial charge in [-0.25, -0.2) is 13.6 Å². The zero-order valence-electron chi connectivity index (χ0n) is 16.3. The summed E-state index contributed by atoms with van der Waals surface area (Å²) in [5.74, 6) is -0.850. The highest BCUT2D eigenvalue weighted by Crippen LogP contribution is 2.28. The molecule has 0 aromatic heterocycles. The van der Waals surface area contributed by atoms with Crippen molar-refractivity contribution in [3.8, 4) is 0 Å². The monoisotopic (exact) mass is 430 g/mol. The number of nitrogens with zero attached hydrogens (tertiary/aromatic N) is 2. The minimum Gasteiger partial charge on any atom is -0.481 e. The van der Waals surface area contributed by atoms with Crippen LogP contribution in [0.4, 0.5) is 11.4 Å². The molecule has 1 aromatic carbocycles. The number of morpholine rings is 1. The third kappa shape index (κ3) is 6.92. The standard InChI is InChI=1S/C17H26N4O7S/c1-17(2,8-16(22)23)11-20-5-6-28-12(10-20)9-19-14-4-3-13(29(18,26)27)7-15(14)21(24)25/h3-4,7,12,19H,5-6,8-11H2,1-2H3,(H,22,23)(H2,18,26,27). The molecular formula is C17H26N4O7S. The molecule has 0 amide bonds. The summed E-state index contributed by atoms with van der Waals surface area (Å²) in [4.78, 5) is 23.4. The van der Waals surface area contributed by atoms with Crippen molar-refractivity contribution in [1.29, 1.82) is 0 Å². The number of nitro groups is 1. The fourth-order valence-corrected chi connectivity index (χ4v) is 3.86. The Kier molecular flexibility index (Phi) is 7.16. The van der Waals surface area contributed by atoms with E-state index in [1.807, 2.05) is 13.8 Å². The van der Waals surface area contributed by atoms with Crippen molar-refractivity contribution in [2.24, 2.45) is 10.6 Å². The Morgan fingerprint density at radius 1 is 1.48 bits per heavy atom. The predicted octanol–water partition coefficient (Wildman–Crippen LogP) is 0.856. The highest BCUT2D eigenvalue weighted by atomic mass is 32.2. The Labute approximate surface area is 169 Å². The lowest BCUT2D eigenvalue weighted by atomic mass is 9.88. The molecule has 1 saturated heterocycles. The van der Waals surface area contributed by atoms with Crippen LogP contribution in [0.1, 0.15) is 20.3 Å². The zero-order valence-corrected chi connectivity index (χ0v) is 17.1. The number of rotatable bonds is 9. The van der Waals surface area contributed by atoms with Crippen molar-refractivity contribution in [2.75, 3.05) is 38.1 Å². The van der Waals surface area contributed by atoms with E-state index in [1.54, 1.807) is 0 Å². The molecule has 1 aromatic rings. The van der Waals surface area contributed by atoms with Gasteiger partial charge in [-0.05, 0) is 17.5 Å². The van der Waals surface area contributed by atoms with Crippen LogP contribution in [0, 0.1) is 15.5 Å². The van der Waals surface area contributed by atoms with Gasteiger partial charge in [0.25, 0.3) is 5.69 Å². The van der Waals surface area contributed by atoms with E-state index < -0.39 is 32.0 Å². The first-order valence-electron chi connectivity index (χ1n) is 8.98. The van der Waals surface area contributed by atoms with E-state index in [9.17, 15) is 23.3 Å². The fraction of sp³-hybridized carbons (Fsp3) is 0.588. The van der Waals surface area contributed by atoms with Gasteiger partial charge >= 0.3 is 5.97 Å². The topological polar surface area (TPSA) is 165 Å². The van der Waals surface area contributed by atoms with Gasteiger partial charge in [-0.2, -0.15) is 0 Å². The zero-order chi connectivity index (χ0) is 21.8. The highest BCUT2D eigenvalue weighted by molar-refractivity contribution is 7.89. The molecule has 1 aliphatic heterocycles. The number of nitrogens with two attached hydrogens (primary N) is 1. The average Bonchev–Trinajstić information content (AvgIpc) is 2.57. The maximum absolute atomic E-state index is 11.4. The number of nitro benzene ring substituents is 1. The summed E-state index contributed by atoms with van der Waals surface area (Å²) in [5.41, 5.74) is -0.634. The first kappa shape index (κ1) is 23.0. The lowest BCUT2D eigenvalue weighted by molar-refractivity contribution is -0.384. The Balaban J connectivity index is 2.02. The van der Waals surface area contributed by atoms with Crippen molar-refractivity contribution in [1.82, 2.24) is 4.90 Å². The van der Waals surface area contributed by atoms with Crippen molar-refractivity contribution >= 4 is 27.4 Å². The molecular weight excluding hydrogens is 404 g/mol. The van der Waals surface area contributed by atoms with Gasteiger partial charge in [-0.1, -0.05) is 13.8 Å². The maximum Gasteiger partial charge on any atom is 0.303 e. The molecule has 1 fully saturated rings. The molecule has 1 unspecified atom stereocenters. The molecule has 29 heavy (non-hydrogen) atoms. The summed E-state index contributed by atoms with van der Waals surface area (Å²) in [5, 5.41) is 28.3. The smallest absolute Gasteiger partial charge is 0.303 e. The number of ether oxygens (including phenoxy) is 1. The molecule has 2 rings (SSSR count). The van der Waals surface area contributed by atoms with Crippen LogP contribution in [0.25, 0.3) is 0 Å². The Hall–Kier alpha value is -2.28. The number of nitrogens with one attached hydrogen (secondary N) is 1. The number of anilines is 1. The third-order valence-electron chi connectivity index (χ3n) is 4.52. The predicted molar refractivity (Wildman–Crippen MR) is 105 cm³/mol. The normalized spacial score (nSPS) is 18.4. The molecule has 11 nitrogen and oxygen atoms in total. The second kappa shape index (κ2) is 9.03. The molecule has 1 aliphatic rings. The number of carboxylic acid groups (broad SMARTS) is 1. The quantitative estimate of drug-likeness (QED) is 0.380. The summed E-state index contributed by atoms with van der Waals surface area (Å²) in [6.45, 7) is 6.30. The first-order chi connectivity index (χ1) is 13.4. The van der Waals surface area contributed by atoms with Gasteiger partial charge in [-0.3, -0.25) is 19.8 Å². The molecule has 4 N–H and O–H groups in total. The third-order valence-corrected chi connectivity index (χ3v) is 5.43. The van der Waals surface area contributed by atoms with Crippen molar-refractivity contribution in [3.63, 3.8) is 0 Å². The molecule has 0 radical (unpaired) electrons. The van der Waals surface area contributed by atoms with Gasteiger partial charge < -0.3 is 15.2 Å². The van der Waals surface area contributed by atoms with Crippen LogP contribution < -0.4 is 10.5 Å². The molecule has 162 valence electrons. The molecule has 1 atom stereocenters. The van der Waals surface area contributed by atoms with E-state index in [1.165, 1.54) is 12.1 Å². The van der Waals surface area contributed by atoms with Gasteiger partial charge in [0.1, 0.15) is 5.69 Å². The van der Waals surface area contributed by atoms with Gasteiger partial charge in [0, 0.05) is 32.2 Å². The van der Waals surface area contributed by atoms with Crippen LogP contribution in [-0.2, 0) is 19.6 Å². The average molecular weight is 430 g/mol. The van der Waals surface area contributed by atoms with E-state index in [-0.39, 0.29) is 29.7 Å². The van der Waals surface area contributed by atoms with Crippen LogP contribution >= 0.6 is 0 Å². The van der Waals surface area contributed by atoms with E-state index in [2.05, 4.69) is 10.2 Å². The fourth-order valence-electron chi connectivity index (χ4n) is 3.33. The summed E-state index contributed by atoms with van der Waals surface area (Å²) < 4.78 is 28.5. The number of carboxylic acids is 1. The number of aliphatic carboxylic acids is 1. The minimum absolute atomic E-state index is 0.0515. The summed E-state index contributed by atoms with van der Waals surface area (Å²) in [6.07, 6.45) is -0.211. The second-order valence-corrected chi connectivity index (χ2v) is 9.39. The number of hydrogen-bond acceptors (Lipinski definition) is 8. The van der Waals surface area contributed by atoms with Crippen LogP contribution in [0.5, 0.6) is 0 Å². The molecule has 0 spiro atoms. The van der Waals surface area contributed by atoms with Crippen LogP contribution in [0.2, 0.25) is 0 Å². The lowest BCUT2D eigenvalue weighted by Crippen LogP contribution is -2.48. The number of carbonyl (C=O) groups is 1. The summed E-state index contributed by atoms with van der Waals surface area (Å²) in [7, 11) is -4.05. The van der Waals surface area contributed by atoms with Gasteiger partial charge in [-0.15, -0.1) is 0 Å². The van der Waals surface area contributed by atoms with Crippen LogP contribution in [0.15, 0.2) is 23.1 Å². The summed E-state index contributed by atoms with van der Waals surface area (Å²) >= 11 is 0. The highest BCUT2D eigenvalue weighted by Gasteiger charge is 2.29. The molecule has 0 aliphatic carbocycles. The number of benzene rings is 1. The Morgan fingerprint density at radius 2 is 2.17 bits per heavy atom. The molecule has 0 saturated carbocycles. The van der Waals surface area contributed by atoms with E-state index >= 15 is 0 Å². The SMILES string of the molecule is CC(C)(CC(=O)O)CN1CCOC(CNc2ccc(S(N)(=O)=O)cc2[N+](=O)[O-])C1. The second-order valence-electron chi connectivity index (χ2n) is 7.82. The number of hydrogen-bond donors (Lipinski definition) is 3. The first-order valence-corrected chi connectivity index (χ1v) is 10.5. The van der Waals surface area contributed by atoms with Crippen molar-refractivity contribution in [3.05, 3.63) is 28.3 Å². The number of sulfonamides is 1. The van der Waals surface area contributed by atoms with Gasteiger partial charge in [0.05, 0.1) is 29.0 Å². The Bertz CT molecular complexity index is 873. The largest absolute Gasteiger partial charge is 0.481 e. The maximum atomic E-state index is 11.4. The van der Waals surface area contributed by atoms with E-state index in [0.29, 0.717) is 26.2 Å². The van der Waals surface area contributed by atoms with Gasteiger partial charge in [0.15, 0.2) is 0 Å². The van der Waals surface area contributed by atoms with Crippen molar-refractivity contribution < 1.29 is 28.0 Å². The molecule has 12 heteroatoms. The van der Waals surface area contributed by atoms with E-state index in [4.69, 9.17) is 15.0 Å². The number of primary sulfonamides is 1. The summed E-state index contributed by atoms with van der Waals surface area (Å²) in [6, 6.07) is 3.42. The molecule has 0 bridgehead atoms. The minimum atomic E-state index is -4.05. The van der Waals surface area contributed by atoms with Gasteiger partial charge in [0.2, 0.25) is 10.0 Å². The lowest BCUT2D eigenvalue weighted by Gasteiger charge is -2.37. The van der Waals surface area contributed by atoms with Crippen LogP contribution in [0.3, 0.4) is 0 Å².